The molecule has 0 amide bonds. The van der Waals surface area contributed by atoms with Crippen molar-refractivity contribution in [2.24, 2.45) is 0 Å². The van der Waals surface area contributed by atoms with Gasteiger partial charge in [0.1, 0.15) is 23.9 Å². The summed E-state index contributed by atoms with van der Waals surface area (Å²) in [6.45, 7) is -0.135. The van der Waals surface area contributed by atoms with Gasteiger partial charge in [-0.1, -0.05) is 0 Å². The fourth-order valence-corrected chi connectivity index (χ4v) is 2.31. The van der Waals surface area contributed by atoms with Gasteiger partial charge in [-0.05, 0) is 18.2 Å². The Kier molecular flexibility index (Phi) is 4.37. The van der Waals surface area contributed by atoms with Gasteiger partial charge in [0.25, 0.3) is 5.89 Å². The molecular weight excluding hydrogens is 363 g/mol. The molecule has 0 saturated carbocycles. The third-order valence-electron chi connectivity index (χ3n) is 3.61. The molecular formula is C17H10F3N5O2. The zero-order valence-corrected chi connectivity index (χ0v) is 13.5. The fourth-order valence-electron chi connectivity index (χ4n) is 2.31. The number of hydrogen-bond donors (Lipinski definition) is 0. The molecule has 136 valence electrons. The Morgan fingerprint density at radius 3 is 2.56 bits per heavy atom. The van der Waals surface area contributed by atoms with Crippen molar-refractivity contribution in [3.05, 3.63) is 60.3 Å². The smallest absolute Gasteiger partial charge is 0.314 e. The van der Waals surface area contributed by atoms with Crippen LogP contribution in [0.1, 0.15) is 18.0 Å². The van der Waals surface area contributed by atoms with Crippen LogP contribution in [0.3, 0.4) is 0 Å². The van der Waals surface area contributed by atoms with E-state index in [4.69, 9.17) is 9.15 Å². The maximum atomic E-state index is 14.3. The van der Waals surface area contributed by atoms with Gasteiger partial charge in [0, 0.05) is 24.7 Å². The Hall–Kier alpha value is -3.56. The van der Waals surface area contributed by atoms with Gasteiger partial charge in [-0.15, -0.1) is 10.2 Å². The van der Waals surface area contributed by atoms with Gasteiger partial charge in [0.05, 0.1) is 16.6 Å². The Labute approximate surface area is 149 Å². The quantitative estimate of drug-likeness (QED) is 0.527. The molecule has 10 heteroatoms. The van der Waals surface area contributed by atoms with E-state index in [1.807, 2.05) is 0 Å². The maximum absolute atomic E-state index is 14.3. The van der Waals surface area contributed by atoms with Crippen LogP contribution in [0.25, 0.3) is 22.5 Å². The van der Waals surface area contributed by atoms with E-state index < -0.39 is 18.1 Å². The summed E-state index contributed by atoms with van der Waals surface area (Å²) in [5.74, 6) is -1.29. The number of hydrogen-bond acceptors (Lipinski definition) is 7. The molecule has 4 rings (SSSR count). The molecule has 1 aromatic carbocycles. The highest BCUT2D eigenvalue weighted by Crippen LogP contribution is 2.24. The molecule has 0 aliphatic carbocycles. The molecule has 27 heavy (non-hydrogen) atoms. The normalized spacial score (nSPS) is 11.3. The number of nitrogens with zero attached hydrogens (tertiary/aromatic N) is 5. The van der Waals surface area contributed by atoms with Crippen molar-refractivity contribution in [3.63, 3.8) is 0 Å². The molecule has 0 bridgehead atoms. The van der Waals surface area contributed by atoms with Crippen LogP contribution in [-0.2, 0) is 6.61 Å². The number of rotatable bonds is 5. The SMILES string of the molecule is Fc1cc(-c2nnc(C(F)F)o2)cnc1COc1ccc2nccnc2c1. The second kappa shape index (κ2) is 6.98. The first kappa shape index (κ1) is 16.9. The first-order chi connectivity index (χ1) is 13.1. The van der Waals surface area contributed by atoms with Crippen LogP contribution in [0.5, 0.6) is 5.75 Å². The van der Waals surface area contributed by atoms with E-state index in [0.29, 0.717) is 16.8 Å². The largest absolute Gasteiger partial charge is 0.487 e. The Bertz CT molecular complexity index is 1100. The molecule has 0 radical (unpaired) electrons. The van der Waals surface area contributed by atoms with Crippen molar-refractivity contribution >= 4 is 11.0 Å². The van der Waals surface area contributed by atoms with Crippen LogP contribution < -0.4 is 4.74 Å². The minimum atomic E-state index is -2.90. The van der Waals surface area contributed by atoms with E-state index in [1.165, 1.54) is 6.20 Å². The van der Waals surface area contributed by atoms with Gasteiger partial charge in [0.15, 0.2) is 0 Å². The number of ether oxygens (including phenoxy) is 1. The molecule has 0 fully saturated rings. The molecule has 7 nitrogen and oxygen atoms in total. The van der Waals surface area contributed by atoms with Crippen LogP contribution in [0.4, 0.5) is 13.2 Å². The number of aromatic nitrogens is 5. The van der Waals surface area contributed by atoms with E-state index in [0.717, 1.165) is 6.07 Å². The van der Waals surface area contributed by atoms with Gasteiger partial charge in [0.2, 0.25) is 5.89 Å². The molecule has 4 aromatic rings. The number of halogens is 3. The van der Waals surface area contributed by atoms with Crippen molar-refractivity contribution in [1.29, 1.82) is 0 Å². The minimum Gasteiger partial charge on any atom is -0.487 e. The summed E-state index contributed by atoms with van der Waals surface area (Å²) in [7, 11) is 0. The molecule has 0 atom stereocenters. The van der Waals surface area contributed by atoms with Gasteiger partial charge in [-0.2, -0.15) is 8.78 Å². The molecule has 3 aromatic heterocycles. The lowest BCUT2D eigenvalue weighted by Crippen LogP contribution is -2.02. The monoisotopic (exact) mass is 373 g/mol. The number of fused-ring (bicyclic) bond motifs is 1. The van der Waals surface area contributed by atoms with Crippen molar-refractivity contribution in [2.75, 3.05) is 0 Å². The van der Waals surface area contributed by atoms with Gasteiger partial charge >= 0.3 is 6.43 Å². The third-order valence-corrected chi connectivity index (χ3v) is 3.61. The number of alkyl halides is 2. The van der Waals surface area contributed by atoms with Crippen molar-refractivity contribution < 1.29 is 22.3 Å². The average Bonchev–Trinajstić information content (AvgIpc) is 3.17. The van der Waals surface area contributed by atoms with Crippen molar-refractivity contribution in [3.8, 4) is 17.2 Å². The minimum absolute atomic E-state index is 0.0339. The zero-order valence-electron chi connectivity index (χ0n) is 13.5. The first-order valence-corrected chi connectivity index (χ1v) is 7.70. The highest BCUT2D eigenvalue weighted by atomic mass is 19.3. The second-order valence-corrected chi connectivity index (χ2v) is 5.39. The summed E-state index contributed by atoms with van der Waals surface area (Å²) < 4.78 is 49.5. The number of benzene rings is 1. The lowest BCUT2D eigenvalue weighted by atomic mass is 10.2. The van der Waals surface area contributed by atoms with Crippen LogP contribution in [0.15, 0.2) is 47.3 Å². The van der Waals surface area contributed by atoms with Crippen LogP contribution >= 0.6 is 0 Å². The van der Waals surface area contributed by atoms with E-state index in [2.05, 4.69) is 25.1 Å². The second-order valence-electron chi connectivity index (χ2n) is 5.39. The predicted molar refractivity (Wildman–Crippen MR) is 86.3 cm³/mol. The van der Waals surface area contributed by atoms with Crippen molar-refractivity contribution in [2.45, 2.75) is 13.0 Å². The lowest BCUT2D eigenvalue weighted by Gasteiger charge is -2.07. The lowest BCUT2D eigenvalue weighted by molar-refractivity contribution is 0.116. The average molecular weight is 373 g/mol. The third kappa shape index (κ3) is 3.54. The van der Waals surface area contributed by atoms with E-state index in [1.54, 1.807) is 30.6 Å². The fraction of sp³-hybridized carbons (Fsp3) is 0.118. The van der Waals surface area contributed by atoms with Crippen LogP contribution in [0, 0.1) is 5.82 Å². The zero-order chi connectivity index (χ0) is 18.8. The Morgan fingerprint density at radius 2 is 1.81 bits per heavy atom. The van der Waals surface area contributed by atoms with Crippen LogP contribution in [0.2, 0.25) is 0 Å². The number of pyridine rings is 1. The highest BCUT2D eigenvalue weighted by molar-refractivity contribution is 5.75. The summed E-state index contributed by atoms with van der Waals surface area (Å²) in [4.78, 5) is 12.3. The summed E-state index contributed by atoms with van der Waals surface area (Å²) in [5.41, 5.74) is 1.48. The first-order valence-electron chi connectivity index (χ1n) is 7.70. The molecule has 0 unspecified atom stereocenters. The topological polar surface area (TPSA) is 86.8 Å². The van der Waals surface area contributed by atoms with Gasteiger partial charge < -0.3 is 9.15 Å². The molecule has 0 saturated heterocycles. The summed E-state index contributed by atoms with van der Waals surface area (Å²) >= 11 is 0. The highest BCUT2D eigenvalue weighted by Gasteiger charge is 2.18. The summed E-state index contributed by atoms with van der Waals surface area (Å²) in [6, 6.07) is 6.17. The predicted octanol–water partition coefficient (Wildman–Crippen LogP) is 3.73. The van der Waals surface area contributed by atoms with E-state index in [9.17, 15) is 13.2 Å². The molecule has 0 N–H and O–H groups in total. The molecule has 0 spiro atoms. The summed E-state index contributed by atoms with van der Waals surface area (Å²) in [6.07, 6.45) is 1.49. The van der Waals surface area contributed by atoms with E-state index >= 15 is 0 Å². The van der Waals surface area contributed by atoms with Gasteiger partial charge in [-0.25, -0.2) is 4.39 Å². The molecule has 0 aliphatic heterocycles. The Balaban J connectivity index is 1.50. The van der Waals surface area contributed by atoms with E-state index in [-0.39, 0.29) is 23.8 Å². The maximum Gasteiger partial charge on any atom is 0.314 e. The van der Waals surface area contributed by atoms with Crippen molar-refractivity contribution in [1.82, 2.24) is 25.1 Å². The standard InChI is InChI=1S/C17H10F3N5O2/c18-11-5-9(16-24-25-17(27-16)15(19)20)7-23-14(11)8-26-10-1-2-12-13(6-10)22-4-3-21-12/h1-7,15H,8H2. The van der Waals surface area contributed by atoms with Gasteiger partial charge in [-0.3, -0.25) is 15.0 Å². The summed E-state index contributed by atoms with van der Waals surface area (Å²) in [5, 5.41) is 6.65. The molecule has 3 heterocycles. The molecule has 0 aliphatic rings. The Morgan fingerprint density at radius 1 is 1.00 bits per heavy atom. The van der Waals surface area contributed by atoms with Crippen LogP contribution in [-0.4, -0.2) is 25.1 Å².